The van der Waals surface area contributed by atoms with Crippen molar-refractivity contribution in [3.63, 3.8) is 0 Å². The maximum atomic E-state index is 10.0. The zero-order valence-corrected chi connectivity index (χ0v) is 11.6. The summed E-state index contributed by atoms with van der Waals surface area (Å²) in [6, 6.07) is 8.31. The van der Waals surface area contributed by atoms with Gasteiger partial charge < -0.3 is 9.84 Å². The molecule has 1 aliphatic rings. The van der Waals surface area contributed by atoms with E-state index in [1.54, 1.807) is 0 Å². The molecule has 0 aliphatic heterocycles. The molecule has 1 fully saturated rings. The van der Waals surface area contributed by atoms with Crippen LogP contribution in [0.1, 0.15) is 45.6 Å². The Hall–Kier alpha value is -1.02. The van der Waals surface area contributed by atoms with Crippen molar-refractivity contribution in [1.29, 1.82) is 0 Å². The standard InChI is InChI=1S/C16H24O2/c1-4-12-7-9-13(10-8-12)18-15-11-14(17)16(15,5-2)6-3/h7-10,14-15,17H,4-6,11H2,1-3H3. The van der Waals surface area contributed by atoms with Gasteiger partial charge in [-0.1, -0.05) is 32.9 Å². The number of hydrogen-bond acceptors (Lipinski definition) is 2. The van der Waals surface area contributed by atoms with Gasteiger partial charge in [0.25, 0.3) is 0 Å². The highest BCUT2D eigenvalue weighted by Gasteiger charge is 2.53. The molecule has 0 heterocycles. The molecule has 1 aliphatic carbocycles. The van der Waals surface area contributed by atoms with Crippen molar-refractivity contribution >= 4 is 0 Å². The van der Waals surface area contributed by atoms with Crippen LogP contribution in [0.4, 0.5) is 0 Å². The maximum Gasteiger partial charge on any atom is 0.119 e. The zero-order valence-electron chi connectivity index (χ0n) is 11.6. The fourth-order valence-corrected chi connectivity index (χ4v) is 3.04. The molecule has 2 rings (SSSR count). The van der Waals surface area contributed by atoms with Crippen molar-refractivity contribution in [3.8, 4) is 5.75 Å². The molecule has 18 heavy (non-hydrogen) atoms. The second-order valence-corrected chi connectivity index (χ2v) is 5.30. The Morgan fingerprint density at radius 1 is 1.17 bits per heavy atom. The van der Waals surface area contributed by atoms with Crippen molar-refractivity contribution in [2.24, 2.45) is 5.41 Å². The molecule has 2 unspecified atom stereocenters. The van der Waals surface area contributed by atoms with E-state index in [2.05, 4.69) is 32.9 Å². The van der Waals surface area contributed by atoms with Gasteiger partial charge in [-0.05, 0) is 37.0 Å². The lowest BCUT2D eigenvalue weighted by Gasteiger charge is -2.52. The predicted octanol–water partition coefficient (Wildman–Crippen LogP) is 3.57. The molecule has 1 saturated carbocycles. The Balaban J connectivity index is 2.05. The summed E-state index contributed by atoms with van der Waals surface area (Å²) in [5.41, 5.74) is 1.29. The van der Waals surface area contributed by atoms with Crippen LogP contribution in [0.25, 0.3) is 0 Å². The Bertz CT molecular complexity index is 379. The molecule has 0 radical (unpaired) electrons. The van der Waals surface area contributed by atoms with Crippen LogP contribution >= 0.6 is 0 Å². The minimum atomic E-state index is -0.201. The highest BCUT2D eigenvalue weighted by Crippen LogP contribution is 2.48. The fourth-order valence-electron chi connectivity index (χ4n) is 3.04. The van der Waals surface area contributed by atoms with Gasteiger partial charge in [0.05, 0.1) is 6.10 Å². The molecule has 0 saturated heterocycles. The van der Waals surface area contributed by atoms with E-state index in [9.17, 15) is 5.11 Å². The van der Waals surface area contributed by atoms with Crippen LogP contribution in [0.2, 0.25) is 0 Å². The van der Waals surface area contributed by atoms with E-state index in [-0.39, 0.29) is 17.6 Å². The number of ether oxygens (including phenoxy) is 1. The number of rotatable bonds is 5. The largest absolute Gasteiger partial charge is 0.490 e. The first-order chi connectivity index (χ1) is 8.66. The van der Waals surface area contributed by atoms with Gasteiger partial charge in [-0.2, -0.15) is 0 Å². The molecule has 2 atom stereocenters. The molecular formula is C16H24O2. The Labute approximate surface area is 110 Å². The lowest BCUT2D eigenvalue weighted by Crippen LogP contribution is -2.59. The van der Waals surface area contributed by atoms with Crippen LogP contribution in [0.15, 0.2) is 24.3 Å². The minimum absolute atomic E-state index is 0.0383. The van der Waals surface area contributed by atoms with Crippen LogP contribution in [-0.2, 0) is 6.42 Å². The topological polar surface area (TPSA) is 29.5 Å². The summed E-state index contributed by atoms with van der Waals surface area (Å²) in [5.74, 6) is 0.926. The summed E-state index contributed by atoms with van der Waals surface area (Å²) in [7, 11) is 0. The summed E-state index contributed by atoms with van der Waals surface area (Å²) in [6.07, 6.45) is 3.72. The van der Waals surface area contributed by atoms with Gasteiger partial charge in [-0.25, -0.2) is 0 Å². The molecule has 2 nitrogen and oxygen atoms in total. The molecule has 0 amide bonds. The number of aryl methyl sites for hydroxylation is 1. The normalized spacial score (nSPS) is 25.6. The molecule has 1 aromatic rings. The summed E-state index contributed by atoms with van der Waals surface area (Å²) < 4.78 is 6.06. The highest BCUT2D eigenvalue weighted by molar-refractivity contribution is 5.28. The third-order valence-corrected chi connectivity index (χ3v) is 4.67. The SMILES string of the molecule is CCc1ccc(OC2CC(O)C2(CC)CC)cc1. The van der Waals surface area contributed by atoms with E-state index in [1.807, 2.05) is 12.1 Å². The molecular weight excluding hydrogens is 224 g/mol. The van der Waals surface area contributed by atoms with Crippen LogP contribution in [-0.4, -0.2) is 17.3 Å². The first-order valence-corrected chi connectivity index (χ1v) is 7.10. The van der Waals surface area contributed by atoms with E-state index in [1.165, 1.54) is 5.56 Å². The summed E-state index contributed by atoms with van der Waals surface area (Å²) >= 11 is 0. The Kier molecular flexibility index (Phi) is 3.96. The molecule has 2 heteroatoms. The van der Waals surface area contributed by atoms with Crippen molar-refractivity contribution in [1.82, 2.24) is 0 Å². The van der Waals surface area contributed by atoms with Gasteiger partial charge in [0.2, 0.25) is 0 Å². The highest BCUT2D eigenvalue weighted by atomic mass is 16.5. The first kappa shape index (κ1) is 13.4. The van der Waals surface area contributed by atoms with Gasteiger partial charge in [0.15, 0.2) is 0 Å². The number of hydrogen-bond donors (Lipinski definition) is 1. The minimum Gasteiger partial charge on any atom is -0.490 e. The Morgan fingerprint density at radius 3 is 2.22 bits per heavy atom. The quantitative estimate of drug-likeness (QED) is 0.863. The molecule has 100 valence electrons. The average Bonchev–Trinajstić information content (AvgIpc) is 2.40. The van der Waals surface area contributed by atoms with Crippen molar-refractivity contribution in [2.45, 2.75) is 58.7 Å². The van der Waals surface area contributed by atoms with Crippen LogP contribution < -0.4 is 4.74 Å². The van der Waals surface area contributed by atoms with Gasteiger partial charge in [-0.15, -0.1) is 0 Å². The summed E-state index contributed by atoms with van der Waals surface area (Å²) in [5, 5.41) is 10.0. The van der Waals surface area contributed by atoms with Crippen molar-refractivity contribution in [2.75, 3.05) is 0 Å². The molecule has 1 N–H and O–H groups in total. The molecule has 0 spiro atoms. The second-order valence-electron chi connectivity index (χ2n) is 5.30. The van der Waals surface area contributed by atoms with Gasteiger partial charge >= 0.3 is 0 Å². The number of benzene rings is 1. The van der Waals surface area contributed by atoms with E-state index >= 15 is 0 Å². The zero-order chi connectivity index (χ0) is 13.2. The van der Waals surface area contributed by atoms with Crippen LogP contribution in [0.3, 0.4) is 0 Å². The van der Waals surface area contributed by atoms with Gasteiger partial charge in [0.1, 0.15) is 11.9 Å². The summed E-state index contributed by atoms with van der Waals surface area (Å²) in [6.45, 7) is 6.43. The van der Waals surface area contributed by atoms with E-state index in [0.29, 0.717) is 0 Å². The van der Waals surface area contributed by atoms with Gasteiger partial charge in [-0.3, -0.25) is 0 Å². The third kappa shape index (κ3) is 2.14. The van der Waals surface area contributed by atoms with Crippen molar-refractivity contribution < 1.29 is 9.84 Å². The second kappa shape index (κ2) is 5.31. The first-order valence-electron chi connectivity index (χ1n) is 7.10. The maximum absolute atomic E-state index is 10.0. The van der Waals surface area contributed by atoms with Crippen LogP contribution in [0.5, 0.6) is 5.75 Å². The monoisotopic (exact) mass is 248 g/mol. The molecule has 1 aromatic carbocycles. The molecule has 0 aromatic heterocycles. The summed E-state index contributed by atoms with van der Waals surface area (Å²) in [4.78, 5) is 0. The van der Waals surface area contributed by atoms with E-state index in [4.69, 9.17) is 4.74 Å². The van der Waals surface area contributed by atoms with E-state index < -0.39 is 0 Å². The number of aliphatic hydroxyl groups excluding tert-OH is 1. The predicted molar refractivity (Wildman–Crippen MR) is 73.9 cm³/mol. The smallest absolute Gasteiger partial charge is 0.119 e. The Morgan fingerprint density at radius 2 is 1.78 bits per heavy atom. The number of aliphatic hydroxyl groups is 1. The lowest BCUT2D eigenvalue weighted by molar-refractivity contribution is -0.159. The lowest BCUT2D eigenvalue weighted by atomic mass is 9.60. The fraction of sp³-hybridized carbons (Fsp3) is 0.625. The van der Waals surface area contributed by atoms with Crippen molar-refractivity contribution in [3.05, 3.63) is 29.8 Å². The van der Waals surface area contributed by atoms with Gasteiger partial charge in [0, 0.05) is 11.8 Å². The van der Waals surface area contributed by atoms with Crippen LogP contribution in [0, 0.1) is 5.41 Å². The van der Waals surface area contributed by atoms with E-state index in [0.717, 1.165) is 31.4 Å². The third-order valence-electron chi connectivity index (χ3n) is 4.67. The average molecular weight is 248 g/mol. The molecule has 0 bridgehead atoms.